The van der Waals surface area contributed by atoms with Gasteiger partial charge in [-0.05, 0) is 44.9 Å². The molecule has 0 aromatic rings. The number of hydrogen-bond donors (Lipinski definition) is 1. The second-order valence-electron chi connectivity index (χ2n) is 6.29. The van der Waals surface area contributed by atoms with Crippen LogP contribution in [-0.4, -0.2) is 48.0 Å². The molecule has 1 heterocycles. The van der Waals surface area contributed by atoms with E-state index in [2.05, 4.69) is 18.7 Å². The van der Waals surface area contributed by atoms with E-state index >= 15 is 0 Å². The fraction of sp³-hybridized carbons (Fsp3) is 1.00. The summed E-state index contributed by atoms with van der Waals surface area (Å²) in [5, 5.41) is 10.3. The summed E-state index contributed by atoms with van der Waals surface area (Å²) < 4.78 is 5.72. The number of likely N-dealkylation sites (tertiary alicyclic amines) is 1. The van der Waals surface area contributed by atoms with Crippen molar-refractivity contribution in [3.63, 3.8) is 0 Å². The number of piperidine rings is 1. The first-order chi connectivity index (χ1) is 9.24. The maximum absolute atomic E-state index is 10.3. The molecule has 0 radical (unpaired) electrons. The van der Waals surface area contributed by atoms with Gasteiger partial charge in [0.05, 0.1) is 12.2 Å². The minimum atomic E-state index is -0.100. The molecular weight excluding hydrogens is 238 g/mol. The van der Waals surface area contributed by atoms with Crippen LogP contribution >= 0.6 is 0 Å². The molecule has 0 bridgehead atoms. The summed E-state index contributed by atoms with van der Waals surface area (Å²) in [6.45, 7) is 7.38. The van der Waals surface area contributed by atoms with E-state index in [1.807, 2.05) is 0 Å². The number of rotatable bonds is 5. The van der Waals surface area contributed by atoms with Crippen LogP contribution in [0.5, 0.6) is 0 Å². The Kier molecular flexibility index (Phi) is 6.11. The number of nitrogens with zero attached hydrogens (tertiary/aromatic N) is 1. The Balaban J connectivity index is 1.82. The van der Waals surface area contributed by atoms with Crippen molar-refractivity contribution in [3.8, 4) is 0 Å². The van der Waals surface area contributed by atoms with Crippen molar-refractivity contribution in [1.82, 2.24) is 4.90 Å². The number of ether oxygens (including phenoxy) is 1. The predicted molar refractivity (Wildman–Crippen MR) is 78.3 cm³/mol. The van der Waals surface area contributed by atoms with Gasteiger partial charge in [-0.3, -0.25) is 4.90 Å². The van der Waals surface area contributed by atoms with Crippen LogP contribution < -0.4 is 0 Å². The molecular formula is C16H31NO2. The van der Waals surface area contributed by atoms with E-state index in [-0.39, 0.29) is 6.10 Å². The van der Waals surface area contributed by atoms with Gasteiger partial charge in [-0.15, -0.1) is 0 Å². The molecule has 2 fully saturated rings. The van der Waals surface area contributed by atoms with E-state index in [9.17, 15) is 5.11 Å². The lowest BCUT2D eigenvalue weighted by atomic mass is 9.80. The lowest BCUT2D eigenvalue weighted by Gasteiger charge is -2.43. The molecule has 3 nitrogen and oxygen atoms in total. The summed E-state index contributed by atoms with van der Waals surface area (Å²) in [5.41, 5.74) is 0. The maximum atomic E-state index is 10.3. The van der Waals surface area contributed by atoms with Crippen molar-refractivity contribution in [1.29, 1.82) is 0 Å². The summed E-state index contributed by atoms with van der Waals surface area (Å²) >= 11 is 0. The first-order valence-electron chi connectivity index (χ1n) is 8.28. The third-order valence-corrected chi connectivity index (χ3v) is 4.93. The third kappa shape index (κ3) is 4.17. The summed E-state index contributed by atoms with van der Waals surface area (Å²) in [7, 11) is 0. The second kappa shape index (κ2) is 7.61. The number of aliphatic hydroxyl groups excluding tert-OH is 1. The van der Waals surface area contributed by atoms with Gasteiger partial charge in [0.25, 0.3) is 0 Å². The molecule has 1 aliphatic heterocycles. The van der Waals surface area contributed by atoms with Gasteiger partial charge < -0.3 is 9.84 Å². The van der Waals surface area contributed by atoms with E-state index in [0.717, 1.165) is 44.9 Å². The van der Waals surface area contributed by atoms with E-state index in [0.29, 0.717) is 12.1 Å². The van der Waals surface area contributed by atoms with Crippen LogP contribution in [0, 0.1) is 5.92 Å². The Hall–Kier alpha value is -0.120. The second-order valence-corrected chi connectivity index (χ2v) is 6.29. The fourth-order valence-electron chi connectivity index (χ4n) is 3.89. The Bertz CT molecular complexity index is 251. The minimum Gasteiger partial charge on any atom is -0.391 e. The fourth-order valence-corrected chi connectivity index (χ4v) is 3.89. The molecule has 2 rings (SSSR count). The van der Waals surface area contributed by atoms with Crippen molar-refractivity contribution in [3.05, 3.63) is 0 Å². The Morgan fingerprint density at radius 2 is 1.84 bits per heavy atom. The molecule has 1 saturated carbocycles. The van der Waals surface area contributed by atoms with E-state index < -0.39 is 0 Å². The minimum absolute atomic E-state index is 0.100. The quantitative estimate of drug-likeness (QED) is 0.833. The van der Waals surface area contributed by atoms with E-state index in [1.54, 1.807) is 0 Å². The zero-order valence-corrected chi connectivity index (χ0v) is 12.7. The van der Waals surface area contributed by atoms with Crippen LogP contribution in [-0.2, 0) is 4.74 Å². The van der Waals surface area contributed by atoms with Crippen LogP contribution in [0.25, 0.3) is 0 Å². The van der Waals surface area contributed by atoms with Crippen molar-refractivity contribution in [2.75, 3.05) is 19.7 Å². The van der Waals surface area contributed by atoms with Crippen LogP contribution in [0.4, 0.5) is 0 Å². The molecule has 3 heteroatoms. The van der Waals surface area contributed by atoms with E-state index in [4.69, 9.17) is 4.74 Å². The molecule has 1 N–H and O–H groups in total. The molecule has 2 aliphatic rings. The molecule has 3 atom stereocenters. The first kappa shape index (κ1) is 15.3. The highest BCUT2D eigenvalue weighted by molar-refractivity contribution is 4.89. The zero-order valence-electron chi connectivity index (χ0n) is 12.7. The van der Waals surface area contributed by atoms with Crippen LogP contribution in [0.15, 0.2) is 0 Å². The van der Waals surface area contributed by atoms with Gasteiger partial charge in [-0.25, -0.2) is 0 Å². The summed E-state index contributed by atoms with van der Waals surface area (Å²) in [4.78, 5) is 2.53. The Labute approximate surface area is 118 Å². The highest BCUT2D eigenvalue weighted by Crippen LogP contribution is 2.32. The average molecular weight is 269 g/mol. The summed E-state index contributed by atoms with van der Waals surface area (Å²) in [5.74, 6) is 0.836. The van der Waals surface area contributed by atoms with Crippen LogP contribution in [0.3, 0.4) is 0 Å². The lowest BCUT2D eigenvalue weighted by Crippen LogP contribution is -2.51. The highest BCUT2D eigenvalue weighted by atomic mass is 16.5. The van der Waals surface area contributed by atoms with Crippen LogP contribution in [0.1, 0.15) is 58.8 Å². The largest absolute Gasteiger partial charge is 0.391 e. The standard InChI is InChI=1S/C16H31NO2/c1-3-5-13-6-7-16(18)15(12-13)17-10-8-14(9-11-17)19-4-2/h13-16,18H,3-12H2,1-2H3. The molecule has 0 aromatic heterocycles. The van der Waals surface area contributed by atoms with Gasteiger partial charge in [0.1, 0.15) is 0 Å². The molecule has 112 valence electrons. The maximum Gasteiger partial charge on any atom is 0.0695 e. The summed E-state index contributed by atoms with van der Waals surface area (Å²) in [6.07, 6.45) is 8.66. The van der Waals surface area contributed by atoms with Crippen LogP contribution in [0.2, 0.25) is 0 Å². The van der Waals surface area contributed by atoms with Crippen molar-refractivity contribution < 1.29 is 9.84 Å². The highest BCUT2D eigenvalue weighted by Gasteiger charge is 2.34. The average Bonchev–Trinajstić information content (AvgIpc) is 2.43. The number of hydrogen-bond acceptors (Lipinski definition) is 3. The monoisotopic (exact) mass is 269 g/mol. The summed E-state index contributed by atoms with van der Waals surface area (Å²) in [6, 6.07) is 0.410. The van der Waals surface area contributed by atoms with Crippen molar-refractivity contribution >= 4 is 0 Å². The normalized spacial score (nSPS) is 34.6. The molecule has 0 amide bonds. The Morgan fingerprint density at radius 3 is 2.47 bits per heavy atom. The first-order valence-corrected chi connectivity index (χ1v) is 8.28. The molecule has 19 heavy (non-hydrogen) atoms. The van der Waals surface area contributed by atoms with Crippen molar-refractivity contribution in [2.24, 2.45) is 5.92 Å². The van der Waals surface area contributed by atoms with Gasteiger partial charge >= 0.3 is 0 Å². The molecule has 0 spiro atoms. The molecule has 1 saturated heterocycles. The van der Waals surface area contributed by atoms with Gasteiger partial charge in [-0.1, -0.05) is 19.8 Å². The smallest absolute Gasteiger partial charge is 0.0695 e. The molecule has 3 unspecified atom stereocenters. The topological polar surface area (TPSA) is 32.7 Å². The van der Waals surface area contributed by atoms with Crippen molar-refractivity contribution in [2.45, 2.75) is 77.0 Å². The van der Waals surface area contributed by atoms with E-state index in [1.165, 1.54) is 25.7 Å². The zero-order chi connectivity index (χ0) is 13.7. The Morgan fingerprint density at radius 1 is 1.11 bits per heavy atom. The SMILES string of the molecule is CCCC1CCC(O)C(N2CCC(OCC)CC2)C1. The van der Waals surface area contributed by atoms with Gasteiger partial charge in [0, 0.05) is 25.7 Å². The third-order valence-electron chi connectivity index (χ3n) is 4.93. The lowest BCUT2D eigenvalue weighted by molar-refractivity contribution is -0.0403. The predicted octanol–water partition coefficient (Wildman–Crippen LogP) is 2.82. The molecule has 0 aromatic carbocycles. The van der Waals surface area contributed by atoms with Gasteiger partial charge in [-0.2, -0.15) is 0 Å². The van der Waals surface area contributed by atoms with Gasteiger partial charge in [0.15, 0.2) is 0 Å². The van der Waals surface area contributed by atoms with Gasteiger partial charge in [0.2, 0.25) is 0 Å². The number of aliphatic hydroxyl groups is 1. The molecule has 1 aliphatic carbocycles.